The van der Waals surface area contributed by atoms with Crippen molar-refractivity contribution in [3.63, 3.8) is 0 Å². The summed E-state index contributed by atoms with van der Waals surface area (Å²) < 4.78 is 5.37. The van der Waals surface area contributed by atoms with E-state index in [1.165, 1.54) is 0 Å². The van der Waals surface area contributed by atoms with Crippen molar-refractivity contribution in [1.29, 1.82) is 0 Å². The predicted octanol–water partition coefficient (Wildman–Crippen LogP) is 2.92. The van der Waals surface area contributed by atoms with Crippen molar-refractivity contribution in [3.8, 4) is 0 Å². The second kappa shape index (κ2) is 8.20. The Morgan fingerprint density at radius 3 is 2.68 bits per heavy atom. The molecule has 0 aromatic heterocycles. The first-order valence-electron chi connectivity index (χ1n) is 9.44. The molecule has 2 aromatic carbocycles. The van der Waals surface area contributed by atoms with Crippen LogP contribution in [-0.4, -0.2) is 38.1 Å². The number of benzene rings is 2. The van der Waals surface area contributed by atoms with E-state index in [4.69, 9.17) is 16.3 Å². The zero-order valence-corrected chi connectivity index (χ0v) is 16.2. The maximum absolute atomic E-state index is 12.4. The maximum Gasteiger partial charge on any atom is 0.313 e. The smallest absolute Gasteiger partial charge is 0.313 e. The molecule has 7 heteroatoms. The van der Waals surface area contributed by atoms with Gasteiger partial charge in [0.1, 0.15) is 0 Å². The highest BCUT2D eigenvalue weighted by atomic mass is 35.5. The summed E-state index contributed by atoms with van der Waals surface area (Å²) >= 11 is 6.22. The summed E-state index contributed by atoms with van der Waals surface area (Å²) in [7, 11) is 0. The van der Waals surface area contributed by atoms with Gasteiger partial charge in [-0.1, -0.05) is 29.8 Å². The van der Waals surface area contributed by atoms with Gasteiger partial charge in [-0.25, -0.2) is 0 Å². The number of rotatable bonds is 3. The average molecular weight is 400 g/mol. The van der Waals surface area contributed by atoms with E-state index < -0.39 is 11.8 Å². The van der Waals surface area contributed by atoms with Crippen LogP contribution in [0, 0.1) is 0 Å². The van der Waals surface area contributed by atoms with Crippen molar-refractivity contribution in [2.24, 2.45) is 0 Å². The number of amides is 2. The molecule has 0 saturated carbocycles. The van der Waals surface area contributed by atoms with Crippen molar-refractivity contribution < 1.29 is 14.3 Å². The fraction of sp³-hybridized carbons (Fsp3) is 0.333. The fourth-order valence-electron chi connectivity index (χ4n) is 3.77. The predicted molar refractivity (Wildman–Crippen MR) is 109 cm³/mol. The van der Waals surface area contributed by atoms with Gasteiger partial charge in [-0.15, -0.1) is 0 Å². The summed E-state index contributed by atoms with van der Waals surface area (Å²) in [4.78, 5) is 27.0. The largest absolute Gasteiger partial charge is 0.378 e. The molecule has 0 radical (unpaired) electrons. The first-order valence-corrected chi connectivity index (χ1v) is 9.81. The quantitative estimate of drug-likeness (QED) is 0.778. The molecule has 0 bridgehead atoms. The summed E-state index contributed by atoms with van der Waals surface area (Å²) in [6, 6.07) is 13.0. The Labute approximate surface area is 168 Å². The molecule has 1 fully saturated rings. The normalized spacial score (nSPS) is 18.5. The van der Waals surface area contributed by atoms with Crippen LogP contribution in [0.1, 0.15) is 23.6 Å². The summed E-state index contributed by atoms with van der Waals surface area (Å²) in [6.45, 7) is 2.99. The highest BCUT2D eigenvalue weighted by molar-refractivity contribution is 6.39. The van der Waals surface area contributed by atoms with Crippen molar-refractivity contribution in [2.75, 3.05) is 36.5 Å². The molecule has 1 saturated heterocycles. The summed E-state index contributed by atoms with van der Waals surface area (Å²) in [5.74, 6) is -1.32. The molecule has 2 aliphatic rings. The van der Waals surface area contributed by atoms with Crippen LogP contribution in [0.25, 0.3) is 0 Å². The Morgan fingerprint density at radius 2 is 1.86 bits per heavy atom. The van der Waals surface area contributed by atoms with Gasteiger partial charge in [-0.2, -0.15) is 0 Å². The molecule has 0 unspecified atom stereocenters. The van der Waals surface area contributed by atoms with Gasteiger partial charge in [-0.05, 0) is 48.2 Å². The van der Waals surface area contributed by atoms with Gasteiger partial charge in [0.05, 0.1) is 19.3 Å². The van der Waals surface area contributed by atoms with Gasteiger partial charge in [0.15, 0.2) is 0 Å². The van der Waals surface area contributed by atoms with E-state index >= 15 is 0 Å². The maximum atomic E-state index is 12.4. The molecule has 1 heterocycles. The number of nitrogens with zero attached hydrogens (tertiary/aromatic N) is 1. The van der Waals surface area contributed by atoms with Gasteiger partial charge >= 0.3 is 11.8 Å². The van der Waals surface area contributed by atoms with Crippen LogP contribution in [0.2, 0.25) is 5.02 Å². The molecule has 1 aliphatic carbocycles. The minimum Gasteiger partial charge on any atom is -0.378 e. The van der Waals surface area contributed by atoms with Gasteiger partial charge in [0.2, 0.25) is 0 Å². The Balaban J connectivity index is 1.39. The molecule has 2 amide bonds. The molecule has 28 heavy (non-hydrogen) atoms. The SMILES string of the molecule is O=C(Nc1cccc(N2CCOCC2)c1)C(=O)N[C@H]1CCc2c(Cl)cccc21. The number of ether oxygens (including phenoxy) is 1. The van der Waals surface area contributed by atoms with Crippen LogP contribution in [0.15, 0.2) is 42.5 Å². The van der Waals surface area contributed by atoms with Gasteiger partial charge in [-0.3, -0.25) is 9.59 Å². The lowest BCUT2D eigenvalue weighted by Gasteiger charge is -2.29. The molecule has 6 nitrogen and oxygen atoms in total. The molecule has 4 rings (SSSR count). The topological polar surface area (TPSA) is 70.7 Å². The van der Waals surface area contributed by atoms with E-state index in [2.05, 4.69) is 15.5 Å². The molecule has 146 valence electrons. The molecule has 1 atom stereocenters. The number of anilines is 2. The lowest BCUT2D eigenvalue weighted by molar-refractivity contribution is -0.136. The zero-order valence-electron chi connectivity index (χ0n) is 15.4. The van der Waals surface area contributed by atoms with E-state index in [0.29, 0.717) is 23.9 Å². The van der Waals surface area contributed by atoms with Crippen LogP contribution in [0.4, 0.5) is 11.4 Å². The first kappa shape index (κ1) is 18.8. The number of morpholine rings is 1. The molecule has 0 spiro atoms. The zero-order chi connectivity index (χ0) is 19.5. The van der Waals surface area contributed by atoms with E-state index in [-0.39, 0.29) is 6.04 Å². The highest BCUT2D eigenvalue weighted by Crippen LogP contribution is 2.35. The van der Waals surface area contributed by atoms with Crippen LogP contribution >= 0.6 is 11.6 Å². The summed E-state index contributed by atoms with van der Waals surface area (Å²) in [5.41, 5.74) is 3.64. The standard InChI is InChI=1S/C21H22ClN3O3/c22-18-6-2-5-17-16(18)7-8-19(17)24-21(27)20(26)23-14-3-1-4-15(13-14)25-9-11-28-12-10-25/h1-6,13,19H,7-12H2,(H,23,26)(H,24,27)/t19-/m0/s1. The van der Waals surface area contributed by atoms with Crippen molar-refractivity contribution in [3.05, 3.63) is 58.6 Å². The van der Waals surface area contributed by atoms with Crippen LogP contribution in [0.3, 0.4) is 0 Å². The van der Waals surface area contributed by atoms with Crippen LogP contribution in [-0.2, 0) is 20.7 Å². The number of carbonyl (C=O) groups is 2. The number of hydrogen-bond donors (Lipinski definition) is 2. The van der Waals surface area contributed by atoms with Crippen molar-refractivity contribution >= 4 is 34.8 Å². The number of halogens is 1. The average Bonchev–Trinajstić information content (AvgIpc) is 3.13. The summed E-state index contributed by atoms with van der Waals surface area (Å²) in [5, 5.41) is 6.23. The third-order valence-electron chi connectivity index (χ3n) is 5.21. The number of hydrogen-bond acceptors (Lipinski definition) is 4. The lowest BCUT2D eigenvalue weighted by atomic mass is 10.1. The van der Waals surface area contributed by atoms with Crippen LogP contribution in [0.5, 0.6) is 0 Å². The second-order valence-electron chi connectivity index (χ2n) is 6.98. The summed E-state index contributed by atoms with van der Waals surface area (Å²) in [6.07, 6.45) is 1.54. The third-order valence-corrected chi connectivity index (χ3v) is 5.56. The van der Waals surface area contributed by atoms with E-state index in [9.17, 15) is 9.59 Å². The number of nitrogens with one attached hydrogen (secondary N) is 2. The molecular weight excluding hydrogens is 378 g/mol. The Kier molecular flexibility index (Phi) is 5.50. The third kappa shape index (κ3) is 3.98. The van der Waals surface area contributed by atoms with E-state index in [0.717, 1.165) is 42.7 Å². The van der Waals surface area contributed by atoms with Gasteiger partial charge < -0.3 is 20.3 Å². The molecule has 2 N–H and O–H groups in total. The Bertz CT molecular complexity index is 896. The number of carbonyl (C=O) groups excluding carboxylic acids is 2. The van der Waals surface area contributed by atoms with Crippen molar-refractivity contribution in [2.45, 2.75) is 18.9 Å². The highest BCUT2D eigenvalue weighted by Gasteiger charge is 2.27. The molecule has 2 aromatic rings. The minimum absolute atomic E-state index is 0.188. The van der Waals surface area contributed by atoms with Gasteiger partial charge in [0, 0.05) is 29.5 Å². The van der Waals surface area contributed by atoms with E-state index in [1.54, 1.807) is 6.07 Å². The van der Waals surface area contributed by atoms with Crippen molar-refractivity contribution in [1.82, 2.24) is 5.32 Å². The monoisotopic (exact) mass is 399 g/mol. The number of fused-ring (bicyclic) bond motifs is 1. The molecule has 1 aliphatic heterocycles. The van der Waals surface area contributed by atoms with Gasteiger partial charge in [0.25, 0.3) is 0 Å². The lowest BCUT2D eigenvalue weighted by Crippen LogP contribution is -2.37. The minimum atomic E-state index is -0.672. The second-order valence-corrected chi connectivity index (χ2v) is 7.38. The fourth-order valence-corrected chi connectivity index (χ4v) is 4.05. The Morgan fingerprint density at radius 1 is 1.07 bits per heavy atom. The van der Waals surface area contributed by atoms with E-state index in [1.807, 2.05) is 36.4 Å². The first-order chi connectivity index (χ1) is 13.6. The Hall–Kier alpha value is -2.57. The van der Waals surface area contributed by atoms with Crippen LogP contribution < -0.4 is 15.5 Å². The molecular formula is C21H22ClN3O3.